The van der Waals surface area contributed by atoms with E-state index in [1.54, 1.807) is 31.2 Å². The first-order valence-electron chi connectivity index (χ1n) is 5.94. The van der Waals surface area contributed by atoms with E-state index < -0.39 is 0 Å². The lowest BCUT2D eigenvalue weighted by atomic mass is 10.2. The number of rotatable bonds is 4. The topological polar surface area (TPSA) is 58.7 Å². The second-order valence-electron chi connectivity index (χ2n) is 4.15. The van der Waals surface area contributed by atoms with Crippen LogP contribution in [0.4, 0.5) is 0 Å². The fourth-order valence-electron chi connectivity index (χ4n) is 1.74. The first-order valence-corrected chi connectivity index (χ1v) is 7.20. The third-order valence-electron chi connectivity index (χ3n) is 2.66. The van der Waals surface area contributed by atoms with Gasteiger partial charge in [0.1, 0.15) is 0 Å². The van der Waals surface area contributed by atoms with Gasteiger partial charge in [-0.1, -0.05) is 29.4 Å². The van der Waals surface area contributed by atoms with Crippen molar-refractivity contribution in [2.24, 2.45) is 0 Å². The number of allylic oxidation sites excluding steroid dienone is 1. The van der Waals surface area contributed by atoms with Crippen LogP contribution >= 0.6 is 23.4 Å². The molecule has 0 bridgehead atoms. The van der Waals surface area contributed by atoms with Crippen molar-refractivity contribution in [3.05, 3.63) is 46.2 Å². The number of aromatic nitrogens is 2. The van der Waals surface area contributed by atoms with E-state index in [4.69, 9.17) is 16.9 Å². The highest BCUT2D eigenvalue weighted by molar-refractivity contribution is 8.00. The lowest BCUT2D eigenvalue weighted by Gasteiger charge is -2.12. The van der Waals surface area contributed by atoms with Gasteiger partial charge < -0.3 is 0 Å². The molecule has 0 saturated heterocycles. The van der Waals surface area contributed by atoms with Crippen LogP contribution in [0.25, 0.3) is 10.9 Å². The molecule has 0 aliphatic rings. The summed E-state index contributed by atoms with van der Waals surface area (Å²) in [5.74, 6) is 0. The molecule has 2 rings (SSSR count). The molecule has 0 spiro atoms. The van der Waals surface area contributed by atoms with Crippen molar-refractivity contribution in [3.8, 4) is 6.07 Å². The van der Waals surface area contributed by atoms with Gasteiger partial charge >= 0.3 is 0 Å². The van der Waals surface area contributed by atoms with Gasteiger partial charge in [0.25, 0.3) is 5.56 Å². The Kier molecular flexibility index (Phi) is 4.48. The molecule has 4 nitrogen and oxygen atoms in total. The molecule has 1 aromatic heterocycles. The highest BCUT2D eigenvalue weighted by Gasteiger charge is 2.13. The molecule has 0 aliphatic carbocycles. The standard InChI is InChI=1S/C14H12ClN3OS/c1-3-6-18-13(19)11-5-4-10(15)7-12(11)17-14(18)20-9(2)8-16/h3-5,7,9H,1,6H2,2H3/t9-/m0/s1. The number of thioether (sulfide) groups is 1. The van der Waals surface area contributed by atoms with Crippen LogP contribution in [0, 0.1) is 11.3 Å². The highest BCUT2D eigenvalue weighted by atomic mass is 35.5. The predicted molar refractivity (Wildman–Crippen MR) is 82.1 cm³/mol. The SMILES string of the molecule is C=CCn1c(S[C@@H](C)C#N)nc2cc(Cl)ccc2c1=O. The van der Waals surface area contributed by atoms with Crippen LogP contribution in [0.15, 0.2) is 40.8 Å². The molecule has 0 saturated carbocycles. The van der Waals surface area contributed by atoms with Crippen molar-refractivity contribution in [2.75, 3.05) is 0 Å². The maximum absolute atomic E-state index is 12.5. The number of nitriles is 1. The van der Waals surface area contributed by atoms with E-state index >= 15 is 0 Å². The zero-order valence-electron chi connectivity index (χ0n) is 10.8. The van der Waals surface area contributed by atoms with Crippen LogP contribution in [-0.4, -0.2) is 14.8 Å². The maximum Gasteiger partial charge on any atom is 0.262 e. The van der Waals surface area contributed by atoms with Gasteiger partial charge in [0.15, 0.2) is 5.16 Å². The number of nitrogens with zero attached hydrogens (tertiary/aromatic N) is 3. The first kappa shape index (κ1) is 14.6. The zero-order valence-corrected chi connectivity index (χ0v) is 12.4. The summed E-state index contributed by atoms with van der Waals surface area (Å²) in [6.07, 6.45) is 1.63. The minimum Gasteiger partial charge on any atom is -0.283 e. The molecule has 2 aromatic rings. The predicted octanol–water partition coefficient (Wildman–Crippen LogP) is 3.24. The molecule has 102 valence electrons. The lowest BCUT2D eigenvalue weighted by molar-refractivity contribution is 0.671. The van der Waals surface area contributed by atoms with Crippen LogP contribution in [0.3, 0.4) is 0 Å². The molecule has 0 radical (unpaired) electrons. The molecule has 1 heterocycles. The van der Waals surface area contributed by atoms with Gasteiger partial charge in [-0.3, -0.25) is 9.36 Å². The van der Waals surface area contributed by atoms with E-state index in [-0.39, 0.29) is 10.8 Å². The van der Waals surface area contributed by atoms with Crippen molar-refractivity contribution in [3.63, 3.8) is 0 Å². The minimum absolute atomic E-state index is 0.154. The van der Waals surface area contributed by atoms with Gasteiger partial charge in [-0.05, 0) is 25.1 Å². The van der Waals surface area contributed by atoms with Gasteiger partial charge in [-0.25, -0.2) is 4.98 Å². The van der Waals surface area contributed by atoms with Crippen LogP contribution in [0.1, 0.15) is 6.92 Å². The third-order valence-corrected chi connectivity index (χ3v) is 3.87. The number of hydrogen-bond donors (Lipinski definition) is 0. The fraction of sp³-hybridized carbons (Fsp3) is 0.214. The second-order valence-corrected chi connectivity index (χ2v) is 5.89. The molecular weight excluding hydrogens is 294 g/mol. The summed E-state index contributed by atoms with van der Waals surface area (Å²) in [5, 5.41) is 10.1. The van der Waals surface area contributed by atoms with Crippen molar-refractivity contribution >= 4 is 34.3 Å². The van der Waals surface area contributed by atoms with Crippen molar-refractivity contribution in [1.29, 1.82) is 5.26 Å². The molecule has 1 atom stereocenters. The Morgan fingerprint density at radius 3 is 3.05 bits per heavy atom. The monoisotopic (exact) mass is 305 g/mol. The van der Waals surface area contributed by atoms with E-state index in [1.807, 2.05) is 0 Å². The van der Waals surface area contributed by atoms with Crippen LogP contribution < -0.4 is 5.56 Å². The van der Waals surface area contributed by atoms with Gasteiger partial charge in [-0.2, -0.15) is 5.26 Å². The molecule has 0 fully saturated rings. The Hall–Kier alpha value is -1.77. The summed E-state index contributed by atoms with van der Waals surface area (Å²) in [5.41, 5.74) is 0.384. The van der Waals surface area contributed by atoms with E-state index in [0.717, 1.165) is 0 Å². The summed E-state index contributed by atoms with van der Waals surface area (Å²) >= 11 is 7.18. The van der Waals surface area contributed by atoms with Crippen molar-refractivity contribution < 1.29 is 0 Å². The molecule has 0 amide bonds. The lowest BCUT2D eigenvalue weighted by Crippen LogP contribution is -2.23. The van der Waals surface area contributed by atoms with E-state index in [1.165, 1.54) is 16.3 Å². The summed E-state index contributed by atoms with van der Waals surface area (Å²) in [4.78, 5) is 16.9. The Bertz CT molecular complexity index is 763. The van der Waals surface area contributed by atoms with Crippen LogP contribution in [-0.2, 0) is 6.54 Å². The number of hydrogen-bond acceptors (Lipinski definition) is 4. The average Bonchev–Trinajstić information content (AvgIpc) is 2.42. The molecule has 6 heteroatoms. The third kappa shape index (κ3) is 2.87. The van der Waals surface area contributed by atoms with Gasteiger partial charge in [-0.15, -0.1) is 6.58 Å². The number of fused-ring (bicyclic) bond motifs is 1. The Morgan fingerprint density at radius 2 is 2.40 bits per heavy atom. The summed E-state index contributed by atoms with van der Waals surface area (Å²) in [6, 6.07) is 7.09. The van der Waals surface area contributed by atoms with Crippen LogP contribution in [0.5, 0.6) is 0 Å². The fourth-order valence-corrected chi connectivity index (χ4v) is 2.71. The Balaban J connectivity index is 2.70. The summed E-state index contributed by atoms with van der Waals surface area (Å²) in [7, 11) is 0. The van der Waals surface area contributed by atoms with E-state index in [2.05, 4.69) is 17.6 Å². The summed E-state index contributed by atoms with van der Waals surface area (Å²) < 4.78 is 1.52. The maximum atomic E-state index is 12.5. The largest absolute Gasteiger partial charge is 0.283 e. The Labute approximate surface area is 125 Å². The smallest absolute Gasteiger partial charge is 0.262 e. The Morgan fingerprint density at radius 1 is 1.65 bits per heavy atom. The minimum atomic E-state index is -0.297. The molecule has 0 N–H and O–H groups in total. The van der Waals surface area contributed by atoms with Crippen molar-refractivity contribution in [1.82, 2.24) is 9.55 Å². The normalized spacial score (nSPS) is 12.1. The molecule has 1 aromatic carbocycles. The number of halogens is 1. The van der Waals surface area contributed by atoms with Gasteiger partial charge in [0, 0.05) is 11.6 Å². The van der Waals surface area contributed by atoms with E-state index in [0.29, 0.717) is 27.6 Å². The molecule has 20 heavy (non-hydrogen) atoms. The second kappa shape index (κ2) is 6.12. The quantitative estimate of drug-likeness (QED) is 0.494. The van der Waals surface area contributed by atoms with Crippen molar-refractivity contribution in [2.45, 2.75) is 23.9 Å². The number of benzene rings is 1. The average molecular weight is 306 g/mol. The first-order chi connectivity index (χ1) is 9.56. The molecular formula is C14H12ClN3OS. The van der Waals surface area contributed by atoms with Gasteiger partial charge in [0.2, 0.25) is 0 Å². The van der Waals surface area contributed by atoms with Crippen LogP contribution in [0.2, 0.25) is 5.02 Å². The van der Waals surface area contributed by atoms with E-state index in [9.17, 15) is 4.79 Å². The highest BCUT2D eigenvalue weighted by Crippen LogP contribution is 2.23. The molecule has 0 aliphatic heterocycles. The van der Waals surface area contributed by atoms with Gasteiger partial charge in [0.05, 0.1) is 22.2 Å². The molecule has 0 unspecified atom stereocenters. The zero-order chi connectivity index (χ0) is 14.7. The summed E-state index contributed by atoms with van der Waals surface area (Å²) in [6.45, 7) is 5.76.